The number of aromatic nitrogens is 3. The Hall–Kier alpha value is -3.15. The van der Waals surface area contributed by atoms with E-state index in [-0.39, 0.29) is 5.91 Å². The number of rotatable bonds is 4. The van der Waals surface area contributed by atoms with Gasteiger partial charge in [-0.1, -0.05) is 12.1 Å². The summed E-state index contributed by atoms with van der Waals surface area (Å²) in [6.07, 6.45) is 1.61. The normalized spacial score (nSPS) is 10.5. The lowest BCUT2D eigenvalue weighted by Crippen LogP contribution is -2.13. The SMILES string of the molecule is COc1ccccc1C(=O)Nc1ccc(-n2nc(C)cc2C)nc1. The molecule has 24 heavy (non-hydrogen) atoms. The Kier molecular flexibility index (Phi) is 4.29. The van der Waals surface area contributed by atoms with Crippen LogP contribution in [0.5, 0.6) is 5.75 Å². The molecule has 0 bridgehead atoms. The number of hydrogen-bond acceptors (Lipinski definition) is 4. The number of carbonyl (C=O) groups is 1. The molecule has 0 fully saturated rings. The van der Waals surface area contributed by atoms with Crippen LogP contribution in [0.25, 0.3) is 5.82 Å². The van der Waals surface area contributed by atoms with Crippen LogP contribution in [0.15, 0.2) is 48.7 Å². The first-order valence-corrected chi connectivity index (χ1v) is 7.52. The largest absolute Gasteiger partial charge is 0.496 e. The second kappa shape index (κ2) is 6.54. The lowest BCUT2D eigenvalue weighted by molar-refractivity contribution is 0.102. The maximum Gasteiger partial charge on any atom is 0.259 e. The van der Waals surface area contributed by atoms with Gasteiger partial charge in [-0.15, -0.1) is 0 Å². The highest BCUT2D eigenvalue weighted by Crippen LogP contribution is 2.19. The summed E-state index contributed by atoms with van der Waals surface area (Å²) in [4.78, 5) is 16.7. The van der Waals surface area contributed by atoms with E-state index < -0.39 is 0 Å². The lowest BCUT2D eigenvalue weighted by atomic mass is 10.2. The number of nitrogens with zero attached hydrogens (tertiary/aromatic N) is 3. The Morgan fingerprint density at radius 3 is 2.58 bits per heavy atom. The monoisotopic (exact) mass is 322 g/mol. The maximum absolute atomic E-state index is 12.4. The van der Waals surface area contributed by atoms with Crippen molar-refractivity contribution >= 4 is 11.6 Å². The molecule has 0 saturated carbocycles. The van der Waals surface area contributed by atoms with Gasteiger partial charge in [0, 0.05) is 5.69 Å². The van der Waals surface area contributed by atoms with Crippen molar-refractivity contribution < 1.29 is 9.53 Å². The van der Waals surface area contributed by atoms with E-state index in [1.54, 1.807) is 35.1 Å². The number of benzene rings is 1. The molecule has 0 aliphatic rings. The van der Waals surface area contributed by atoms with Crippen molar-refractivity contribution in [2.45, 2.75) is 13.8 Å². The number of methoxy groups -OCH3 is 1. The van der Waals surface area contributed by atoms with Gasteiger partial charge in [0.05, 0.1) is 30.3 Å². The van der Waals surface area contributed by atoms with E-state index in [2.05, 4.69) is 15.4 Å². The van der Waals surface area contributed by atoms with Crippen LogP contribution in [0.1, 0.15) is 21.7 Å². The average molecular weight is 322 g/mol. The topological polar surface area (TPSA) is 69.0 Å². The van der Waals surface area contributed by atoms with Gasteiger partial charge in [0.2, 0.25) is 0 Å². The Balaban J connectivity index is 1.79. The highest BCUT2D eigenvalue weighted by molar-refractivity contribution is 6.06. The number of pyridine rings is 1. The first-order valence-electron chi connectivity index (χ1n) is 7.52. The molecule has 6 heteroatoms. The molecule has 0 spiro atoms. The molecule has 0 atom stereocenters. The second-order valence-corrected chi connectivity index (χ2v) is 5.40. The van der Waals surface area contributed by atoms with E-state index >= 15 is 0 Å². The summed E-state index contributed by atoms with van der Waals surface area (Å²) in [6, 6.07) is 12.7. The van der Waals surface area contributed by atoms with Crippen LogP contribution in [0.3, 0.4) is 0 Å². The molecule has 6 nitrogen and oxygen atoms in total. The molecule has 2 heterocycles. The van der Waals surface area contributed by atoms with Crippen molar-refractivity contribution in [3.05, 3.63) is 65.6 Å². The van der Waals surface area contributed by atoms with Gasteiger partial charge in [0.15, 0.2) is 5.82 Å². The summed E-state index contributed by atoms with van der Waals surface area (Å²) in [7, 11) is 1.54. The predicted octanol–water partition coefficient (Wildman–Crippen LogP) is 3.15. The third-order valence-electron chi connectivity index (χ3n) is 3.58. The molecule has 2 aromatic heterocycles. The fourth-order valence-electron chi connectivity index (χ4n) is 2.48. The summed E-state index contributed by atoms with van der Waals surface area (Å²) >= 11 is 0. The van der Waals surface area contributed by atoms with Crippen LogP contribution in [0.2, 0.25) is 0 Å². The zero-order chi connectivity index (χ0) is 17.1. The van der Waals surface area contributed by atoms with Crippen molar-refractivity contribution in [2.24, 2.45) is 0 Å². The van der Waals surface area contributed by atoms with Crippen LogP contribution in [-0.4, -0.2) is 27.8 Å². The summed E-state index contributed by atoms with van der Waals surface area (Å²) in [6.45, 7) is 3.91. The highest BCUT2D eigenvalue weighted by Gasteiger charge is 2.12. The van der Waals surface area contributed by atoms with Crippen molar-refractivity contribution in [3.63, 3.8) is 0 Å². The van der Waals surface area contributed by atoms with E-state index in [0.29, 0.717) is 22.8 Å². The van der Waals surface area contributed by atoms with E-state index in [0.717, 1.165) is 11.4 Å². The first kappa shape index (κ1) is 15.7. The standard InChI is InChI=1S/C18H18N4O2/c1-12-10-13(2)22(21-12)17-9-8-14(11-19-17)20-18(23)15-6-4-5-7-16(15)24-3/h4-11H,1-3H3,(H,20,23). The number of ether oxygens (including phenoxy) is 1. The van der Waals surface area contributed by atoms with E-state index in [1.165, 1.54) is 7.11 Å². The van der Waals surface area contributed by atoms with Gasteiger partial charge in [-0.2, -0.15) is 5.10 Å². The fourth-order valence-corrected chi connectivity index (χ4v) is 2.48. The summed E-state index contributed by atoms with van der Waals surface area (Å²) in [5, 5.41) is 7.21. The minimum Gasteiger partial charge on any atom is -0.496 e. The second-order valence-electron chi connectivity index (χ2n) is 5.40. The Morgan fingerprint density at radius 2 is 1.96 bits per heavy atom. The van der Waals surface area contributed by atoms with Gasteiger partial charge >= 0.3 is 0 Å². The van der Waals surface area contributed by atoms with Gasteiger partial charge < -0.3 is 10.1 Å². The molecule has 1 amide bonds. The third-order valence-corrected chi connectivity index (χ3v) is 3.58. The highest BCUT2D eigenvalue weighted by atomic mass is 16.5. The Morgan fingerprint density at radius 1 is 1.17 bits per heavy atom. The molecule has 0 aliphatic carbocycles. The van der Waals surface area contributed by atoms with Crippen LogP contribution in [0, 0.1) is 13.8 Å². The van der Waals surface area contributed by atoms with E-state index in [1.807, 2.05) is 32.0 Å². The smallest absolute Gasteiger partial charge is 0.259 e. The molecular weight excluding hydrogens is 304 g/mol. The fraction of sp³-hybridized carbons (Fsp3) is 0.167. The molecule has 1 aromatic carbocycles. The number of aryl methyl sites for hydroxylation is 2. The summed E-state index contributed by atoms with van der Waals surface area (Å²) < 4.78 is 6.97. The molecule has 0 unspecified atom stereocenters. The third kappa shape index (κ3) is 3.12. The lowest BCUT2D eigenvalue weighted by Gasteiger charge is -2.09. The van der Waals surface area contributed by atoms with Crippen molar-refractivity contribution in [2.75, 3.05) is 12.4 Å². The molecule has 122 valence electrons. The minimum absolute atomic E-state index is 0.242. The average Bonchev–Trinajstić information content (AvgIpc) is 2.94. The molecular formula is C18H18N4O2. The molecule has 0 aliphatic heterocycles. The quantitative estimate of drug-likeness (QED) is 0.801. The van der Waals surface area contributed by atoms with Crippen molar-refractivity contribution in [1.29, 1.82) is 0 Å². The number of nitrogens with one attached hydrogen (secondary N) is 1. The number of para-hydroxylation sites is 1. The maximum atomic E-state index is 12.4. The Labute approximate surface area is 140 Å². The molecule has 1 N–H and O–H groups in total. The zero-order valence-electron chi connectivity index (χ0n) is 13.8. The van der Waals surface area contributed by atoms with Gasteiger partial charge in [-0.05, 0) is 44.2 Å². The van der Waals surface area contributed by atoms with Crippen LogP contribution in [0.4, 0.5) is 5.69 Å². The molecule has 0 saturated heterocycles. The minimum atomic E-state index is -0.242. The van der Waals surface area contributed by atoms with E-state index in [9.17, 15) is 4.79 Å². The van der Waals surface area contributed by atoms with Crippen molar-refractivity contribution in [3.8, 4) is 11.6 Å². The van der Waals surface area contributed by atoms with Crippen LogP contribution < -0.4 is 10.1 Å². The number of carbonyl (C=O) groups excluding carboxylic acids is 1. The number of hydrogen-bond donors (Lipinski definition) is 1. The van der Waals surface area contributed by atoms with Gasteiger partial charge in [-0.25, -0.2) is 9.67 Å². The Bertz CT molecular complexity index is 869. The van der Waals surface area contributed by atoms with Crippen LogP contribution >= 0.6 is 0 Å². The van der Waals surface area contributed by atoms with Gasteiger partial charge in [0.1, 0.15) is 5.75 Å². The van der Waals surface area contributed by atoms with Gasteiger partial charge in [0.25, 0.3) is 5.91 Å². The number of anilines is 1. The molecule has 3 aromatic rings. The number of amides is 1. The van der Waals surface area contributed by atoms with Crippen LogP contribution in [-0.2, 0) is 0 Å². The predicted molar refractivity (Wildman–Crippen MR) is 91.8 cm³/mol. The van der Waals surface area contributed by atoms with E-state index in [4.69, 9.17) is 4.74 Å². The van der Waals surface area contributed by atoms with Gasteiger partial charge in [-0.3, -0.25) is 4.79 Å². The molecule has 3 rings (SSSR count). The molecule has 0 radical (unpaired) electrons. The first-order chi connectivity index (χ1) is 11.6. The summed E-state index contributed by atoms with van der Waals surface area (Å²) in [5.74, 6) is 0.992. The zero-order valence-corrected chi connectivity index (χ0v) is 13.8. The summed E-state index contributed by atoms with van der Waals surface area (Å²) in [5.41, 5.74) is 3.02. The van der Waals surface area contributed by atoms with Crippen molar-refractivity contribution in [1.82, 2.24) is 14.8 Å².